The predicted molar refractivity (Wildman–Crippen MR) is 396 cm³/mol. The van der Waals surface area contributed by atoms with E-state index in [0.29, 0.717) is 5.56 Å². The number of benzene rings is 12. The van der Waals surface area contributed by atoms with Crippen LogP contribution in [0.2, 0.25) is 0 Å². The highest BCUT2D eigenvalue weighted by atomic mass is 15.0. The van der Waals surface area contributed by atoms with E-state index in [0.717, 1.165) is 128 Å². The summed E-state index contributed by atoms with van der Waals surface area (Å²) in [6.07, 6.45) is 3.74. The largest absolute Gasteiger partial charge is 0.309 e. The monoisotopic (exact) mass is 1220 g/mol. The SMILES string of the molecule is Cc1ccc2c(c1)c1cc(C)ccc1n2-c1ccc(-c2c(C#N)c(-c3ccc(-n4c5ccc(C)cc5c5cc(C)ccc54)cc3)c(-c3cc(-c4ccccc4)nc(-c4ccccc4)c3)c(-c3ccc(-n4c5ccc(C)cc5c5cc(C)ccc54)cc3)c2-c2ccncc2)cc1. The third-order valence-electron chi connectivity index (χ3n) is 19.3. The number of rotatable bonds is 10. The Labute approximate surface area is 552 Å². The fourth-order valence-electron chi connectivity index (χ4n) is 14.9. The van der Waals surface area contributed by atoms with E-state index in [1.165, 1.54) is 65.7 Å². The van der Waals surface area contributed by atoms with E-state index in [9.17, 15) is 5.26 Å². The molecule has 0 aliphatic rings. The highest BCUT2D eigenvalue weighted by Gasteiger charge is 2.30. The molecule has 6 heteroatoms. The van der Waals surface area contributed by atoms with Crippen molar-refractivity contribution in [2.45, 2.75) is 41.5 Å². The fourth-order valence-corrected chi connectivity index (χ4v) is 14.9. The fraction of sp³-hybridized carbons (Fsp3) is 0.0674. The van der Waals surface area contributed by atoms with Crippen LogP contribution in [0.15, 0.2) is 279 Å². The molecule has 17 aromatic rings. The van der Waals surface area contributed by atoms with Crippen LogP contribution in [-0.4, -0.2) is 23.7 Å². The van der Waals surface area contributed by atoms with Gasteiger partial charge in [0.15, 0.2) is 0 Å². The normalized spacial score (nSPS) is 11.7. The minimum Gasteiger partial charge on any atom is -0.309 e. The van der Waals surface area contributed by atoms with Crippen LogP contribution in [0.5, 0.6) is 0 Å². The van der Waals surface area contributed by atoms with E-state index in [4.69, 9.17) is 4.98 Å². The summed E-state index contributed by atoms with van der Waals surface area (Å²) >= 11 is 0. The minimum atomic E-state index is 0.550. The van der Waals surface area contributed by atoms with E-state index in [1.807, 2.05) is 24.5 Å². The molecule has 0 atom stereocenters. The number of fused-ring (bicyclic) bond motifs is 9. The zero-order valence-corrected chi connectivity index (χ0v) is 53.7. The van der Waals surface area contributed by atoms with Gasteiger partial charge in [0.05, 0.1) is 50.1 Å². The highest BCUT2D eigenvalue weighted by Crippen LogP contribution is 2.54. The summed E-state index contributed by atoms with van der Waals surface area (Å²) in [4.78, 5) is 10.1. The van der Waals surface area contributed by atoms with Crippen molar-refractivity contribution in [3.8, 4) is 101 Å². The van der Waals surface area contributed by atoms with Crippen molar-refractivity contribution in [1.29, 1.82) is 5.26 Å². The van der Waals surface area contributed by atoms with Crippen LogP contribution in [0.4, 0.5) is 0 Å². The molecule has 12 aromatic carbocycles. The first-order valence-electron chi connectivity index (χ1n) is 32.6. The van der Waals surface area contributed by atoms with Gasteiger partial charge in [-0.25, -0.2) is 4.98 Å². The number of nitrogens with zero attached hydrogens (tertiary/aromatic N) is 6. The summed E-state index contributed by atoms with van der Waals surface area (Å²) in [5.41, 5.74) is 30.4. The van der Waals surface area contributed by atoms with Crippen molar-refractivity contribution < 1.29 is 0 Å². The standard InChI is InChI=1S/C89H64N6/c1-54-17-35-79-70(45-54)71-46-55(2)18-36-80(71)93(79)67-29-23-62(24-30-67)85-76(53-90)86(63-25-31-68(32-26-63)94-81-37-19-56(3)47-72(81)73-48-57(4)20-38-82(73)94)89(66-51-77(60-13-9-7-10-14-60)92-78(52-66)61-15-11-8-12-16-61)88(87(85)65-41-43-91-44-42-65)64-27-33-69(34-28-64)95-83-39-21-58(5)49-74(83)75-50-59(6)22-40-84(75)95/h7-52H,1-6H3. The Kier molecular flexibility index (Phi) is 13.5. The summed E-state index contributed by atoms with van der Waals surface area (Å²) in [6, 6.07) is 100. The van der Waals surface area contributed by atoms with E-state index in [1.54, 1.807) is 0 Å². The summed E-state index contributed by atoms with van der Waals surface area (Å²) < 4.78 is 7.16. The van der Waals surface area contributed by atoms with Crippen LogP contribution in [0.3, 0.4) is 0 Å². The molecule has 0 N–H and O–H groups in total. The van der Waals surface area contributed by atoms with Gasteiger partial charge in [-0.05, 0) is 220 Å². The molecule has 0 bridgehead atoms. The van der Waals surface area contributed by atoms with Crippen molar-refractivity contribution in [3.63, 3.8) is 0 Å². The maximum absolute atomic E-state index is 12.6. The zero-order valence-electron chi connectivity index (χ0n) is 53.7. The smallest absolute Gasteiger partial charge is 0.100 e. The molecule has 0 fully saturated rings. The van der Waals surface area contributed by atoms with Crippen molar-refractivity contribution in [2.24, 2.45) is 0 Å². The molecule has 0 spiro atoms. The lowest BCUT2D eigenvalue weighted by molar-refractivity contribution is 1.18. The molecular formula is C89H64N6. The molecule has 0 radical (unpaired) electrons. The Bertz CT molecular complexity index is 5750. The first-order valence-corrected chi connectivity index (χ1v) is 32.6. The molecule has 0 amide bonds. The topological polar surface area (TPSA) is 64.4 Å². The average molecular weight is 1220 g/mol. The van der Waals surface area contributed by atoms with Crippen LogP contribution in [-0.2, 0) is 0 Å². The first-order chi connectivity index (χ1) is 46.5. The predicted octanol–water partition coefficient (Wildman–Crippen LogP) is 23.2. The minimum absolute atomic E-state index is 0.550. The molecular weight excluding hydrogens is 1150 g/mol. The Balaban J connectivity index is 0.993. The molecule has 450 valence electrons. The van der Waals surface area contributed by atoms with Crippen molar-refractivity contribution in [3.05, 3.63) is 318 Å². The number of pyridine rings is 2. The van der Waals surface area contributed by atoms with Gasteiger partial charge in [0.2, 0.25) is 0 Å². The van der Waals surface area contributed by atoms with E-state index < -0.39 is 0 Å². The second kappa shape index (κ2) is 22.6. The van der Waals surface area contributed by atoms with E-state index in [2.05, 4.69) is 321 Å². The van der Waals surface area contributed by atoms with E-state index >= 15 is 0 Å². The van der Waals surface area contributed by atoms with Crippen LogP contribution in [0, 0.1) is 52.9 Å². The number of aromatic nitrogens is 5. The number of aryl methyl sites for hydroxylation is 6. The molecule has 0 aliphatic carbocycles. The Morgan fingerprint density at radius 3 is 0.842 bits per heavy atom. The zero-order chi connectivity index (χ0) is 64.2. The Hall–Kier alpha value is -12.2. The summed E-state index contributed by atoms with van der Waals surface area (Å²) in [6.45, 7) is 13.0. The number of hydrogen-bond donors (Lipinski definition) is 0. The molecule has 5 aromatic heterocycles. The van der Waals surface area contributed by atoms with E-state index in [-0.39, 0.29) is 0 Å². The van der Waals surface area contributed by atoms with Crippen LogP contribution in [0.25, 0.3) is 161 Å². The molecule has 0 saturated heterocycles. The lowest BCUT2D eigenvalue weighted by atomic mass is 9.75. The third-order valence-corrected chi connectivity index (χ3v) is 19.3. The lowest BCUT2D eigenvalue weighted by Gasteiger charge is -2.27. The van der Waals surface area contributed by atoms with Gasteiger partial charge >= 0.3 is 0 Å². The van der Waals surface area contributed by atoms with Gasteiger partial charge in [-0.2, -0.15) is 5.26 Å². The molecule has 17 rings (SSSR count). The molecule has 0 saturated carbocycles. The van der Waals surface area contributed by atoms with Crippen molar-refractivity contribution >= 4 is 65.4 Å². The molecule has 5 heterocycles. The Morgan fingerprint density at radius 2 is 0.537 bits per heavy atom. The summed E-state index contributed by atoms with van der Waals surface area (Å²) in [5.74, 6) is 0. The van der Waals surface area contributed by atoms with Gasteiger partial charge in [-0.3, -0.25) is 4.98 Å². The van der Waals surface area contributed by atoms with Gasteiger partial charge in [0, 0.05) is 84.0 Å². The summed E-state index contributed by atoms with van der Waals surface area (Å²) in [7, 11) is 0. The summed E-state index contributed by atoms with van der Waals surface area (Å²) in [5, 5.41) is 19.9. The van der Waals surface area contributed by atoms with Crippen molar-refractivity contribution in [2.75, 3.05) is 0 Å². The van der Waals surface area contributed by atoms with Crippen molar-refractivity contribution in [1.82, 2.24) is 23.7 Å². The van der Waals surface area contributed by atoms with Gasteiger partial charge in [-0.15, -0.1) is 0 Å². The molecule has 0 unspecified atom stereocenters. The number of nitriles is 1. The Morgan fingerprint density at radius 1 is 0.263 bits per heavy atom. The van der Waals surface area contributed by atoms with Crippen LogP contribution >= 0.6 is 0 Å². The van der Waals surface area contributed by atoms with Gasteiger partial charge in [0.25, 0.3) is 0 Å². The molecule has 0 aliphatic heterocycles. The number of hydrogen-bond acceptors (Lipinski definition) is 3. The quantitative estimate of drug-likeness (QED) is 0.137. The van der Waals surface area contributed by atoms with Crippen LogP contribution < -0.4 is 0 Å². The maximum Gasteiger partial charge on any atom is 0.100 e. The molecule has 6 nitrogen and oxygen atoms in total. The van der Waals surface area contributed by atoms with Gasteiger partial charge in [0.1, 0.15) is 6.07 Å². The second-order valence-electron chi connectivity index (χ2n) is 25.7. The first kappa shape index (κ1) is 56.8. The maximum atomic E-state index is 12.6. The third kappa shape index (κ3) is 9.54. The second-order valence-corrected chi connectivity index (χ2v) is 25.7. The lowest BCUT2D eigenvalue weighted by Crippen LogP contribution is -2.04. The average Bonchev–Trinajstić information content (AvgIpc) is 1.37. The van der Waals surface area contributed by atoms with Gasteiger partial charge in [-0.1, -0.05) is 167 Å². The van der Waals surface area contributed by atoms with Gasteiger partial charge < -0.3 is 13.7 Å². The molecule has 95 heavy (non-hydrogen) atoms. The van der Waals surface area contributed by atoms with Crippen LogP contribution in [0.1, 0.15) is 38.9 Å². The highest BCUT2D eigenvalue weighted by molar-refractivity contribution is 6.14.